The highest BCUT2D eigenvalue weighted by atomic mass is 35.5. The second kappa shape index (κ2) is 4.65. The normalized spacial score (nSPS) is 16.2. The molecule has 0 atom stereocenters. The van der Waals surface area contributed by atoms with E-state index in [1.54, 1.807) is 0 Å². The van der Waals surface area contributed by atoms with Gasteiger partial charge in [0.2, 0.25) is 10.0 Å². The van der Waals surface area contributed by atoms with Crippen LogP contribution in [0.25, 0.3) is 0 Å². The van der Waals surface area contributed by atoms with Crippen LogP contribution in [0, 0.1) is 11.3 Å². The monoisotopic (exact) mass is 270 g/mol. The lowest BCUT2D eigenvalue weighted by atomic mass is 9.94. The Kier molecular flexibility index (Phi) is 3.38. The number of sulfonamides is 1. The first-order valence-electron chi connectivity index (χ1n) is 5.25. The van der Waals surface area contributed by atoms with Crippen molar-refractivity contribution in [2.75, 3.05) is 0 Å². The van der Waals surface area contributed by atoms with Crippen molar-refractivity contribution >= 4 is 21.6 Å². The second-order valence-corrected chi connectivity index (χ2v) is 6.10. The Morgan fingerprint density at radius 3 is 2.65 bits per heavy atom. The minimum absolute atomic E-state index is 0.00167. The lowest BCUT2D eigenvalue weighted by molar-refractivity contribution is 0.383. The van der Waals surface area contributed by atoms with E-state index in [4.69, 9.17) is 16.9 Å². The van der Waals surface area contributed by atoms with Gasteiger partial charge in [-0.1, -0.05) is 18.0 Å². The summed E-state index contributed by atoms with van der Waals surface area (Å²) in [4.78, 5) is -0.0230. The maximum absolute atomic E-state index is 12.0. The molecule has 6 heteroatoms. The highest BCUT2D eigenvalue weighted by molar-refractivity contribution is 7.89. The van der Waals surface area contributed by atoms with E-state index in [-0.39, 0.29) is 21.5 Å². The van der Waals surface area contributed by atoms with Crippen LogP contribution in [-0.2, 0) is 10.0 Å². The molecule has 1 aliphatic carbocycles. The van der Waals surface area contributed by atoms with Crippen molar-refractivity contribution in [3.63, 3.8) is 0 Å². The van der Waals surface area contributed by atoms with Gasteiger partial charge < -0.3 is 0 Å². The Hall–Kier alpha value is -1.09. The molecule has 0 spiro atoms. The van der Waals surface area contributed by atoms with Crippen LogP contribution in [0.4, 0.5) is 0 Å². The van der Waals surface area contributed by atoms with Crippen molar-refractivity contribution in [3.05, 3.63) is 28.8 Å². The van der Waals surface area contributed by atoms with Crippen molar-refractivity contribution < 1.29 is 8.42 Å². The summed E-state index contributed by atoms with van der Waals surface area (Å²) in [6.07, 6.45) is 2.75. The maximum atomic E-state index is 12.0. The van der Waals surface area contributed by atoms with Crippen LogP contribution >= 0.6 is 11.6 Å². The van der Waals surface area contributed by atoms with Crippen molar-refractivity contribution in [1.29, 1.82) is 5.26 Å². The molecule has 0 bridgehead atoms. The smallest absolute Gasteiger partial charge is 0.208 e. The third-order valence-electron chi connectivity index (χ3n) is 2.78. The van der Waals surface area contributed by atoms with Crippen LogP contribution in [0.3, 0.4) is 0 Å². The lowest BCUT2D eigenvalue weighted by Gasteiger charge is -2.26. The molecule has 0 radical (unpaired) electrons. The summed E-state index contributed by atoms with van der Waals surface area (Å²) < 4.78 is 26.6. The average molecular weight is 271 g/mol. The Morgan fingerprint density at radius 2 is 2.12 bits per heavy atom. The molecule has 4 nitrogen and oxygen atoms in total. The number of halogens is 1. The van der Waals surface area contributed by atoms with Crippen LogP contribution in [0.1, 0.15) is 24.8 Å². The van der Waals surface area contributed by atoms with Gasteiger partial charge in [-0.25, -0.2) is 13.1 Å². The third-order valence-corrected chi connectivity index (χ3v) is 4.78. The van der Waals surface area contributed by atoms with E-state index >= 15 is 0 Å². The van der Waals surface area contributed by atoms with Gasteiger partial charge in [0.05, 0.1) is 16.7 Å². The van der Waals surface area contributed by atoms with Crippen molar-refractivity contribution in [1.82, 2.24) is 4.72 Å². The van der Waals surface area contributed by atoms with E-state index in [0.29, 0.717) is 0 Å². The zero-order valence-corrected chi connectivity index (χ0v) is 10.6. The largest absolute Gasteiger partial charge is 0.242 e. The predicted molar refractivity (Wildman–Crippen MR) is 64.1 cm³/mol. The third kappa shape index (κ3) is 2.60. The summed E-state index contributed by atoms with van der Waals surface area (Å²) in [6, 6.07) is 6.11. The van der Waals surface area contributed by atoms with E-state index in [0.717, 1.165) is 19.3 Å². The molecule has 1 N–H and O–H groups in total. The van der Waals surface area contributed by atoms with E-state index in [9.17, 15) is 8.42 Å². The second-order valence-electron chi connectivity index (χ2n) is 4.01. The number of hydrogen-bond donors (Lipinski definition) is 1. The summed E-state index contributed by atoms with van der Waals surface area (Å²) in [5.74, 6) is 0. The molecule has 2 rings (SSSR count). The molecule has 0 heterocycles. The van der Waals surface area contributed by atoms with Crippen LogP contribution in [0.2, 0.25) is 5.02 Å². The number of nitrogens with one attached hydrogen (secondary N) is 1. The Labute approximate surface area is 105 Å². The van der Waals surface area contributed by atoms with E-state index in [2.05, 4.69) is 4.72 Å². The Morgan fingerprint density at radius 1 is 1.41 bits per heavy atom. The fourth-order valence-corrected chi connectivity index (χ4v) is 3.42. The Balaban J connectivity index is 2.34. The maximum Gasteiger partial charge on any atom is 0.242 e. The van der Waals surface area contributed by atoms with Gasteiger partial charge in [-0.15, -0.1) is 0 Å². The lowest BCUT2D eigenvalue weighted by Crippen LogP contribution is -2.39. The van der Waals surface area contributed by atoms with Crippen molar-refractivity contribution in [2.24, 2.45) is 0 Å². The molecule has 1 fully saturated rings. The summed E-state index contributed by atoms with van der Waals surface area (Å²) in [7, 11) is -3.62. The van der Waals surface area contributed by atoms with E-state index in [1.807, 2.05) is 6.07 Å². The first-order chi connectivity index (χ1) is 8.03. The quantitative estimate of drug-likeness (QED) is 0.914. The minimum atomic E-state index is -3.62. The molecular weight excluding hydrogens is 260 g/mol. The number of nitriles is 1. The van der Waals surface area contributed by atoms with Gasteiger partial charge in [0, 0.05) is 6.04 Å². The minimum Gasteiger partial charge on any atom is -0.208 e. The van der Waals surface area contributed by atoms with Gasteiger partial charge in [-0.3, -0.25) is 0 Å². The average Bonchev–Trinajstić information content (AvgIpc) is 2.24. The molecule has 0 amide bonds. The molecule has 1 aromatic carbocycles. The number of rotatable bonds is 3. The fourth-order valence-electron chi connectivity index (χ4n) is 1.59. The Bertz CT molecular complexity index is 574. The van der Waals surface area contributed by atoms with Crippen LogP contribution in [0.5, 0.6) is 0 Å². The van der Waals surface area contributed by atoms with Crippen LogP contribution in [-0.4, -0.2) is 14.5 Å². The fraction of sp³-hybridized carbons (Fsp3) is 0.364. The van der Waals surface area contributed by atoms with Crippen LogP contribution in [0.15, 0.2) is 23.1 Å². The zero-order chi connectivity index (χ0) is 12.5. The number of nitrogens with zero attached hydrogens (tertiary/aromatic N) is 1. The van der Waals surface area contributed by atoms with Crippen molar-refractivity contribution in [3.8, 4) is 6.07 Å². The van der Waals surface area contributed by atoms with Gasteiger partial charge in [-0.2, -0.15) is 5.26 Å². The van der Waals surface area contributed by atoms with Gasteiger partial charge in [0.15, 0.2) is 0 Å². The number of hydrogen-bond acceptors (Lipinski definition) is 3. The SMILES string of the molecule is N#Cc1ccc(Cl)c(S(=O)(=O)NC2CCC2)c1. The summed E-state index contributed by atoms with van der Waals surface area (Å²) in [5, 5.41) is 8.88. The van der Waals surface area contributed by atoms with Crippen molar-refractivity contribution in [2.45, 2.75) is 30.2 Å². The first kappa shape index (κ1) is 12.4. The molecule has 1 aromatic rings. The molecule has 1 saturated carbocycles. The molecule has 17 heavy (non-hydrogen) atoms. The van der Waals surface area contributed by atoms with Crippen LogP contribution < -0.4 is 4.72 Å². The van der Waals surface area contributed by atoms with Gasteiger partial charge >= 0.3 is 0 Å². The van der Waals surface area contributed by atoms with Gasteiger partial charge in [0.1, 0.15) is 4.90 Å². The molecule has 0 aromatic heterocycles. The first-order valence-corrected chi connectivity index (χ1v) is 7.11. The molecular formula is C11H11ClN2O2S. The summed E-state index contributed by atoms with van der Waals surface area (Å²) in [6.45, 7) is 0. The molecule has 90 valence electrons. The van der Waals surface area contributed by atoms with Gasteiger partial charge in [0.25, 0.3) is 0 Å². The highest BCUT2D eigenvalue weighted by Crippen LogP contribution is 2.25. The topological polar surface area (TPSA) is 70.0 Å². The van der Waals surface area contributed by atoms with Gasteiger partial charge in [-0.05, 0) is 31.0 Å². The molecule has 0 unspecified atom stereocenters. The zero-order valence-electron chi connectivity index (χ0n) is 8.98. The molecule has 0 saturated heterocycles. The highest BCUT2D eigenvalue weighted by Gasteiger charge is 2.26. The van der Waals surface area contributed by atoms with E-state index in [1.165, 1.54) is 18.2 Å². The standard InChI is InChI=1S/C11H11ClN2O2S/c12-10-5-4-8(7-13)6-11(10)17(15,16)14-9-2-1-3-9/h4-6,9,14H,1-3H2. The molecule has 0 aliphatic heterocycles. The summed E-state index contributed by atoms with van der Waals surface area (Å²) >= 11 is 5.85. The van der Waals surface area contributed by atoms with E-state index < -0.39 is 10.0 Å². The molecule has 1 aliphatic rings. The predicted octanol–water partition coefficient (Wildman–Crippen LogP) is 2.04. The summed E-state index contributed by atoms with van der Waals surface area (Å²) in [5.41, 5.74) is 0.281. The number of benzene rings is 1.